The SMILES string of the molecule is CCCC(C)c1cccc(-c2nnn[nH]2)c1. The van der Waals surface area contributed by atoms with Crippen LogP contribution in [0.4, 0.5) is 0 Å². The largest absolute Gasteiger partial charge is 0.239 e. The van der Waals surface area contributed by atoms with Gasteiger partial charge in [0.15, 0.2) is 5.82 Å². The molecular weight excluding hydrogens is 200 g/mol. The van der Waals surface area contributed by atoms with Gasteiger partial charge in [-0.25, -0.2) is 5.10 Å². The number of tetrazole rings is 1. The summed E-state index contributed by atoms with van der Waals surface area (Å²) >= 11 is 0. The van der Waals surface area contributed by atoms with E-state index in [1.807, 2.05) is 6.07 Å². The molecule has 0 saturated heterocycles. The van der Waals surface area contributed by atoms with Crippen molar-refractivity contribution in [3.05, 3.63) is 29.8 Å². The minimum Gasteiger partial charge on any atom is -0.239 e. The zero-order valence-electron chi connectivity index (χ0n) is 9.64. The second-order valence-electron chi connectivity index (χ2n) is 4.07. The molecule has 0 spiro atoms. The predicted octanol–water partition coefficient (Wildman–Crippen LogP) is 2.77. The molecule has 4 nitrogen and oxygen atoms in total. The standard InChI is InChI=1S/C12H16N4/c1-3-5-9(2)10-6-4-7-11(8-10)12-13-15-16-14-12/h4,6-9H,3,5H2,1-2H3,(H,13,14,15,16). The molecule has 2 rings (SSSR count). The lowest BCUT2D eigenvalue weighted by Gasteiger charge is -2.10. The Labute approximate surface area is 95.1 Å². The van der Waals surface area contributed by atoms with Crippen LogP contribution >= 0.6 is 0 Å². The summed E-state index contributed by atoms with van der Waals surface area (Å²) in [7, 11) is 0. The Hall–Kier alpha value is -1.71. The minimum absolute atomic E-state index is 0.584. The fraction of sp³-hybridized carbons (Fsp3) is 0.417. The molecule has 1 unspecified atom stereocenters. The van der Waals surface area contributed by atoms with Crippen molar-refractivity contribution in [2.24, 2.45) is 0 Å². The van der Waals surface area contributed by atoms with E-state index < -0.39 is 0 Å². The second-order valence-corrected chi connectivity index (χ2v) is 4.07. The lowest BCUT2D eigenvalue weighted by atomic mass is 9.95. The van der Waals surface area contributed by atoms with Crippen LogP contribution in [0.2, 0.25) is 0 Å². The Morgan fingerprint density at radius 2 is 2.25 bits per heavy atom. The Kier molecular flexibility index (Phi) is 3.29. The van der Waals surface area contributed by atoms with Crippen LogP contribution in [0, 0.1) is 0 Å². The number of hydrogen-bond donors (Lipinski definition) is 1. The number of rotatable bonds is 4. The average Bonchev–Trinajstić information content (AvgIpc) is 2.83. The Morgan fingerprint density at radius 3 is 2.94 bits per heavy atom. The molecule has 0 radical (unpaired) electrons. The van der Waals surface area contributed by atoms with Gasteiger partial charge in [0.05, 0.1) is 0 Å². The van der Waals surface area contributed by atoms with Gasteiger partial charge in [-0.3, -0.25) is 0 Å². The normalized spacial score (nSPS) is 12.6. The molecule has 0 amide bonds. The number of H-pyrrole nitrogens is 1. The minimum atomic E-state index is 0.584. The summed E-state index contributed by atoms with van der Waals surface area (Å²) in [6, 6.07) is 8.39. The Bertz CT molecular complexity index is 436. The molecular formula is C12H16N4. The van der Waals surface area contributed by atoms with Crippen LogP contribution in [0.1, 0.15) is 38.2 Å². The lowest BCUT2D eigenvalue weighted by molar-refractivity contribution is 0.665. The maximum atomic E-state index is 3.92. The summed E-state index contributed by atoms with van der Waals surface area (Å²) in [4.78, 5) is 0. The van der Waals surface area contributed by atoms with Gasteiger partial charge in [0, 0.05) is 5.56 Å². The van der Waals surface area contributed by atoms with Crippen LogP contribution in [0.3, 0.4) is 0 Å². The van der Waals surface area contributed by atoms with E-state index in [1.165, 1.54) is 18.4 Å². The molecule has 0 fully saturated rings. The first-order chi connectivity index (χ1) is 7.81. The summed E-state index contributed by atoms with van der Waals surface area (Å²) < 4.78 is 0. The van der Waals surface area contributed by atoms with Gasteiger partial charge in [-0.1, -0.05) is 38.5 Å². The van der Waals surface area contributed by atoms with E-state index in [4.69, 9.17) is 0 Å². The molecule has 2 aromatic rings. The van der Waals surface area contributed by atoms with E-state index in [2.05, 4.69) is 52.7 Å². The highest BCUT2D eigenvalue weighted by Gasteiger charge is 2.07. The van der Waals surface area contributed by atoms with Crippen molar-refractivity contribution < 1.29 is 0 Å². The molecule has 4 heteroatoms. The third-order valence-electron chi connectivity index (χ3n) is 2.80. The molecule has 1 aromatic heterocycles. The average molecular weight is 216 g/mol. The third kappa shape index (κ3) is 2.27. The van der Waals surface area contributed by atoms with Crippen molar-refractivity contribution in [1.82, 2.24) is 20.6 Å². The van der Waals surface area contributed by atoms with Crippen LogP contribution in [0.5, 0.6) is 0 Å². The maximum absolute atomic E-state index is 3.92. The molecule has 0 aliphatic heterocycles. The number of nitrogens with one attached hydrogen (secondary N) is 1. The van der Waals surface area contributed by atoms with Crippen molar-refractivity contribution in [2.75, 3.05) is 0 Å². The molecule has 84 valence electrons. The van der Waals surface area contributed by atoms with Crippen molar-refractivity contribution in [3.8, 4) is 11.4 Å². The molecule has 1 aromatic carbocycles. The first-order valence-corrected chi connectivity index (χ1v) is 5.65. The van der Waals surface area contributed by atoms with Crippen LogP contribution in [-0.2, 0) is 0 Å². The summed E-state index contributed by atoms with van der Waals surface area (Å²) in [5.41, 5.74) is 2.39. The molecule has 1 atom stereocenters. The molecule has 0 aliphatic carbocycles. The zero-order valence-corrected chi connectivity index (χ0v) is 9.64. The van der Waals surface area contributed by atoms with Crippen LogP contribution in [0.25, 0.3) is 11.4 Å². The fourth-order valence-electron chi connectivity index (χ4n) is 1.87. The van der Waals surface area contributed by atoms with Crippen molar-refractivity contribution in [2.45, 2.75) is 32.6 Å². The van der Waals surface area contributed by atoms with Gasteiger partial charge >= 0.3 is 0 Å². The van der Waals surface area contributed by atoms with E-state index in [-0.39, 0.29) is 0 Å². The number of hydrogen-bond acceptors (Lipinski definition) is 3. The van der Waals surface area contributed by atoms with E-state index in [1.54, 1.807) is 0 Å². The molecule has 0 aliphatic rings. The maximum Gasteiger partial charge on any atom is 0.179 e. The van der Waals surface area contributed by atoms with Gasteiger partial charge < -0.3 is 0 Å². The van der Waals surface area contributed by atoms with Crippen molar-refractivity contribution in [3.63, 3.8) is 0 Å². The van der Waals surface area contributed by atoms with Crippen molar-refractivity contribution in [1.29, 1.82) is 0 Å². The zero-order chi connectivity index (χ0) is 11.4. The molecule has 1 N–H and O–H groups in total. The number of nitrogens with zero attached hydrogens (tertiary/aromatic N) is 3. The molecule has 0 saturated carbocycles. The number of aromatic amines is 1. The fourth-order valence-corrected chi connectivity index (χ4v) is 1.87. The van der Waals surface area contributed by atoms with Gasteiger partial charge in [-0.2, -0.15) is 0 Å². The summed E-state index contributed by atoms with van der Waals surface area (Å²) in [6.45, 7) is 4.46. The van der Waals surface area contributed by atoms with Crippen LogP contribution in [-0.4, -0.2) is 20.6 Å². The summed E-state index contributed by atoms with van der Waals surface area (Å²) in [5, 5.41) is 13.9. The van der Waals surface area contributed by atoms with Gasteiger partial charge in [-0.15, -0.1) is 5.10 Å². The van der Waals surface area contributed by atoms with E-state index in [0.29, 0.717) is 5.92 Å². The molecule has 16 heavy (non-hydrogen) atoms. The Balaban J connectivity index is 2.26. The monoisotopic (exact) mass is 216 g/mol. The van der Waals surface area contributed by atoms with Gasteiger partial charge in [-0.05, 0) is 34.4 Å². The second kappa shape index (κ2) is 4.88. The van der Waals surface area contributed by atoms with E-state index in [0.717, 1.165) is 11.4 Å². The quantitative estimate of drug-likeness (QED) is 0.855. The first-order valence-electron chi connectivity index (χ1n) is 5.65. The van der Waals surface area contributed by atoms with Gasteiger partial charge in [0.1, 0.15) is 0 Å². The summed E-state index contributed by atoms with van der Waals surface area (Å²) in [6.07, 6.45) is 2.41. The predicted molar refractivity (Wildman–Crippen MR) is 62.9 cm³/mol. The molecule has 0 bridgehead atoms. The summed E-state index contributed by atoms with van der Waals surface area (Å²) in [5.74, 6) is 1.31. The van der Waals surface area contributed by atoms with Gasteiger partial charge in [0.25, 0.3) is 0 Å². The van der Waals surface area contributed by atoms with E-state index in [9.17, 15) is 0 Å². The lowest BCUT2D eigenvalue weighted by Crippen LogP contribution is -1.93. The number of aromatic nitrogens is 4. The van der Waals surface area contributed by atoms with Crippen LogP contribution in [0.15, 0.2) is 24.3 Å². The third-order valence-corrected chi connectivity index (χ3v) is 2.80. The number of benzene rings is 1. The topological polar surface area (TPSA) is 54.5 Å². The molecule has 1 heterocycles. The highest BCUT2D eigenvalue weighted by molar-refractivity contribution is 5.55. The highest BCUT2D eigenvalue weighted by Crippen LogP contribution is 2.24. The Morgan fingerprint density at radius 1 is 1.38 bits per heavy atom. The first kappa shape index (κ1) is 10.8. The highest BCUT2D eigenvalue weighted by atomic mass is 15.5. The van der Waals surface area contributed by atoms with E-state index >= 15 is 0 Å². The van der Waals surface area contributed by atoms with Gasteiger partial charge in [0.2, 0.25) is 0 Å². The van der Waals surface area contributed by atoms with Crippen molar-refractivity contribution >= 4 is 0 Å². The smallest absolute Gasteiger partial charge is 0.179 e. The van der Waals surface area contributed by atoms with Crippen LogP contribution < -0.4 is 0 Å².